The van der Waals surface area contributed by atoms with Crippen molar-refractivity contribution in [3.63, 3.8) is 0 Å². The predicted molar refractivity (Wildman–Crippen MR) is 65.6 cm³/mol. The van der Waals surface area contributed by atoms with Crippen LogP contribution >= 0.6 is 0 Å². The van der Waals surface area contributed by atoms with Crippen molar-refractivity contribution in [3.8, 4) is 0 Å². The number of aryl methyl sites for hydroxylation is 1. The largest absolute Gasteiger partial charge is 0.376 e. The number of hydrogen-bond donors (Lipinski definition) is 1. The van der Waals surface area contributed by atoms with E-state index in [2.05, 4.69) is 9.97 Å². The fraction of sp³-hybridized carbons (Fsp3) is 0.500. The molecule has 0 saturated carbocycles. The summed E-state index contributed by atoms with van der Waals surface area (Å²) in [6.45, 7) is 4.12. The highest BCUT2D eigenvalue weighted by atomic mass is 16.6. The highest BCUT2D eigenvalue weighted by Crippen LogP contribution is 2.11. The van der Waals surface area contributed by atoms with Crippen LogP contribution in [0.4, 0.5) is 0 Å². The first-order chi connectivity index (χ1) is 8.74. The van der Waals surface area contributed by atoms with Gasteiger partial charge in [0.25, 0.3) is 0 Å². The van der Waals surface area contributed by atoms with Gasteiger partial charge in [0.15, 0.2) is 5.65 Å². The summed E-state index contributed by atoms with van der Waals surface area (Å²) < 4.78 is 12.5. The van der Waals surface area contributed by atoms with Crippen LogP contribution < -0.4 is 5.69 Å². The highest BCUT2D eigenvalue weighted by molar-refractivity contribution is 5.70. The molecule has 0 amide bonds. The molecule has 18 heavy (non-hydrogen) atoms. The molecule has 6 nitrogen and oxygen atoms in total. The van der Waals surface area contributed by atoms with Gasteiger partial charge < -0.3 is 9.47 Å². The number of nitrogens with zero attached hydrogens (tertiary/aromatic N) is 2. The minimum atomic E-state index is -0.155. The van der Waals surface area contributed by atoms with Crippen LogP contribution in [0.2, 0.25) is 0 Å². The fourth-order valence-electron chi connectivity index (χ4n) is 2.16. The third kappa shape index (κ3) is 2.04. The highest BCUT2D eigenvalue weighted by Gasteiger charge is 2.18. The third-order valence-corrected chi connectivity index (χ3v) is 3.05. The number of imidazole rings is 1. The summed E-state index contributed by atoms with van der Waals surface area (Å²) in [6, 6.07) is 3.80. The molecule has 3 rings (SSSR count). The lowest BCUT2D eigenvalue weighted by Gasteiger charge is -2.23. The second-order valence-electron chi connectivity index (χ2n) is 4.43. The summed E-state index contributed by atoms with van der Waals surface area (Å²) in [5, 5.41) is 0. The topological polar surface area (TPSA) is 69.1 Å². The monoisotopic (exact) mass is 249 g/mol. The molecule has 0 bridgehead atoms. The van der Waals surface area contributed by atoms with Gasteiger partial charge in [-0.25, -0.2) is 9.78 Å². The minimum Gasteiger partial charge on any atom is -0.376 e. The molecule has 1 aliphatic rings. The van der Waals surface area contributed by atoms with Crippen molar-refractivity contribution in [1.82, 2.24) is 14.5 Å². The van der Waals surface area contributed by atoms with Crippen LogP contribution in [0.5, 0.6) is 0 Å². The first-order valence-corrected chi connectivity index (χ1v) is 5.99. The van der Waals surface area contributed by atoms with E-state index in [1.54, 1.807) is 4.57 Å². The molecule has 1 atom stereocenters. The Morgan fingerprint density at radius 2 is 2.39 bits per heavy atom. The summed E-state index contributed by atoms with van der Waals surface area (Å²) >= 11 is 0. The van der Waals surface area contributed by atoms with Crippen LogP contribution in [-0.4, -0.2) is 40.5 Å². The molecule has 0 aromatic carbocycles. The smallest absolute Gasteiger partial charge is 0.327 e. The standard InChI is InChI=1S/C12H15N3O3/c1-8-2-3-10-11(13-8)14-12(16)15(10)6-9-7-17-4-5-18-9/h2-3,9H,4-7H2,1H3,(H,13,14,16)/t9-/m0/s1. The second kappa shape index (κ2) is 4.55. The Kier molecular flexibility index (Phi) is 2.89. The number of aromatic amines is 1. The molecule has 1 fully saturated rings. The molecule has 2 aromatic heterocycles. The van der Waals surface area contributed by atoms with E-state index >= 15 is 0 Å². The number of H-pyrrole nitrogens is 1. The molecule has 0 spiro atoms. The number of rotatable bonds is 2. The second-order valence-corrected chi connectivity index (χ2v) is 4.43. The molecule has 3 heterocycles. The van der Waals surface area contributed by atoms with E-state index in [0.717, 1.165) is 11.2 Å². The summed E-state index contributed by atoms with van der Waals surface area (Å²) in [5.74, 6) is 0. The van der Waals surface area contributed by atoms with Crippen molar-refractivity contribution >= 4 is 11.2 Å². The van der Waals surface area contributed by atoms with Gasteiger partial charge in [-0.3, -0.25) is 9.55 Å². The van der Waals surface area contributed by atoms with Gasteiger partial charge in [-0.05, 0) is 19.1 Å². The van der Waals surface area contributed by atoms with Gasteiger partial charge in [-0.15, -0.1) is 0 Å². The quantitative estimate of drug-likeness (QED) is 0.839. The number of aromatic nitrogens is 3. The van der Waals surface area contributed by atoms with E-state index < -0.39 is 0 Å². The Bertz CT molecular complexity index is 611. The molecule has 0 aliphatic carbocycles. The Balaban J connectivity index is 1.95. The van der Waals surface area contributed by atoms with Crippen LogP contribution in [0.3, 0.4) is 0 Å². The van der Waals surface area contributed by atoms with E-state index in [0.29, 0.717) is 32.0 Å². The zero-order valence-corrected chi connectivity index (χ0v) is 10.2. The Morgan fingerprint density at radius 3 is 3.17 bits per heavy atom. The molecule has 1 N–H and O–H groups in total. The van der Waals surface area contributed by atoms with E-state index in [-0.39, 0.29) is 11.8 Å². The SMILES string of the molecule is Cc1ccc2c(n1)[nH]c(=O)n2C[C@H]1COCCO1. The van der Waals surface area contributed by atoms with E-state index in [1.165, 1.54) is 0 Å². The maximum Gasteiger partial charge on any atom is 0.327 e. The van der Waals surface area contributed by atoms with Gasteiger partial charge >= 0.3 is 5.69 Å². The molecular weight excluding hydrogens is 234 g/mol. The van der Waals surface area contributed by atoms with Crippen LogP contribution in [0, 0.1) is 6.92 Å². The minimum absolute atomic E-state index is 0.0725. The number of nitrogens with one attached hydrogen (secondary N) is 1. The van der Waals surface area contributed by atoms with Crippen LogP contribution in [0.25, 0.3) is 11.2 Å². The van der Waals surface area contributed by atoms with Gasteiger partial charge in [-0.2, -0.15) is 0 Å². The van der Waals surface area contributed by atoms with Gasteiger partial charge in [-0.1, -0.05) is 0 Å². The number of ether oxygens (including phenoxy) is 2. The number of hydrogen-bond acceptors (Lipinski definition) is 4. The van der Waals surface area contributed by atoms with Crippen molar-refractivity contribution < 1.29 is 9.47 Å². The Labute approximate surface area is 104 Å². The van der Waals surface area contributed by atoms with Crippen molar-refractivity contribution in [1.29, 1.82) is 0 Å². The zero-order chi connectivity index (χ0) is 12.5. The molecule has 2 aromatic rings. The molecule has 1 saturated heterocycles. The molecule has 96 valence electrons. The zero-order valence-electron chi connectivity index (χ0n) is 10.2. The summed E-state index contributed by atoms with van der Waals surface area (Å²) in [6.07, 6.45) is -0.0725. The average Bonchev–Trinajstić information content (AvgIpc) is 2.66. The van der Waals surface area contributed by atoms with Crippen molar-refractivity contribution in [3.05, 3.63) is 28.3 Å². The lowest BCUT2D eigenvalue weighted by Crippen LogP contribution is -2.34. The summed E-state index contributed by atoms with van der Waals surface area (Å²) in [4.78, 5) is 19.0. The predicted octanol–water partition coefficient (Wildman–Crippen LogP) is 0.448. The first-order valence-electron chi connectivity index (χ1n) is 5.99. The van der Waals surface area contributed by atoms with Gasteiger partial charge in [0.2, 0.25) is 0 Å². The molecule has 0 unspecified atom stereocenters. The Morgan fingerprint density at radius 1 is 1.50 bits per heavy atom. The summed E-state index contributed by atoms with van der Waals surface area (Å²) in [5.41, 5.74) is 2.15. The molecule has 1 aliphatic heterocycles. The van der Waals surface area contributed by atoms with Crippen molar-refractivity contribution in [2.75, 3.05) is 19.8 Å². The van der Waals surface area contributed by atoms with Gasteiger partial charge in [0.1, 0.15) is 0 Å². The molecular formula is C12H15N3O3. The first kappa shape index (κ1) is 11.4. The van der Waals surface area contributed by atoms with Crippen LogP contribution in [0.15, 0.2) is 16.9 Å². The lowest BCUT2D eigenvalue weighted by molar-refractivity contribution is -0.0934. The summed E-state index contributed by atoms with van der Waals surface area (Å²) in [7, 11) is 0. The fourth-order valence-corrected chi connectivity index (χ4v) is 2.16. The maximum atomic E-state index is 11.9. The van der Waals surface area contributed by atoms with E-state index in [9.17, 15) is 4.79 Å². The number of fused-ring (bicyclic) bond motifs is 1. The van der Waals surface area contributed by atoms with Gasteiger partial charge in [0, 0.05) is 5.69 Å². The average molecular weight is 249 g/mol. The third-order valence-electron chi connectivity index (χ3n) is 3.05. The lowest BCUT2D eigenvalue weighted by atomic mass is 10.3. The van der Waals surface area contributed by atoms with Crippen LogP contribution in [-0.2, 0) is 16.0 Å². The number of pyridine rings is 1. The molecule has 6 heteroatoms. The van der Waals surface area contributed by atoms with E-state index in [1.807, 2.05) is 19.1 Å². The van der Waals surface area contributed by atoms with Crippen LogP contribution in [0.1, 0.15) is 5.69 Å². The van der Waals surface area contributed by atoms with Gasteiger partial charge in [0.05, 0.1) is 38.0 Å². The maximum absolute atomic E-state index is 11.9. The normalized spacial score (nSPS) is 20.4. The molecule has 0 radical (unpaired) electrons. The van der Waals surface area contributed by atoms with E-state index in [4.69, 9.17) is 9.47 Å². The van der Waals surface area contributed by atoms with Crippen molar-refractivity contribution in [2.24, 2.45) is 0 Å². The Hall–Kier alpha value is -1.66. The van der Waals surface area contributed by atoms with Crippen molar-refractivity contribution in [2.45, 2.75) is 19.6 Å².